The predicted molar refractivity (Wildman–Crippen MR) is 103 cm³/mol. The third-order valence-electron chi connectivity index (χ3n) is 4.49. The maximum atomic E-state index is 12.5. The predicted octanol–water partition coefficient (Wildman–Crippen LogP) is 5.48. The fraction of sp³-hybridized carbons (Fsp3) is 0.136. The lowest BCUT2D eigenvalue weighted by molar-refractivity contribution is 0.431. The van der Waals surface area contributed by atoms with Gasteiger partial charge in [0.1, 0.15) is 17.3 Å². The second-order valence-corrected chi connectivity index (χ2v) is 6.89. The second kappa shape index (κ2) is 6.50. The van der Waals surface area contributed by atoms with E-state index >= 15 is 0 Å². The normalized spacial score (nSPS) is 15.8. The van der Waals surface area contributed by atoms with E-state index in [2.05, 4.69) is 0 Å². The van der Waals surface area contributed by atoms with E-state index < -0.39 is 0 Å². The minimum absolute atomic E-state index is 0.260. The lowest BCUT2D eigenvalue weighted by Crippen LogP contribution is -2.19. The van der Waals surface area contributed by atoms with Crippen molar-refractivity contribution in [3.63, 3.8) is 0 Å². The highest BCUT2D eigenvalue weighted by molar-refractivity contribution is 6.30. The van der Waals surface area contributed by atoms with Gasteiger partial charge in [-0.3, -0.25) is 0 Å². The minimum atomic E-state index is -0.376. The van der Waals surface area contributed by atoms with Crippen LogP contribution in [-0.2, 0) is 0 Å². The van der Waals surface area contributed by atoms with Crippen LogP contribution in [0.25, 0.3) is 5.76 Å². The summed E-state index contributed by atoms with van der Waals surface area (Å²) in [5.74, 6) is 1.53. The molecular weight excluding hydrogens is 348 g/mol. The number of fused-ring (bicyclic) bond motifs is 1. The summed E-state index contributed by atoms with van der Waals surface area (Å²) in [6, 6.07) is 17.4. The number of rotatable bonds is 2. The zero-order chi connectivity index (χ0) is 18.3. The van der Waals surface area contributed by atoms with E-state index in [4.69, 9.17) is 20.8 Å². The van der Waals surface area contributed by atoms with E-state index in [1.165, 1.54) is 5.56 Å². The van der Waals surface area contributed by atoms with Crippen LogP contribution in [0, 0.1) is 13.8 Å². The smallest absolute Gasteiger partial charge is 0.343 e. The maximum absolute atomic E-state index is 12.5. The van der Waals surface area contributed by atoms with Gasteiger partial charge in [-0.1, -0.05) is 53.6 Å². The molecule has 1 atom stereocenters. The molecule has 0 aliphatic carbocycles. The number of hydrogen-bond acceptors (Lipinski definition) is 3. The van der Waals surface area contributed by atoms with Gasteiger partial charge in [0.25, 0.3) is 0 Å². The average Bonchev–Trinajstić information content (AvgIpc) is 2.61. The summed E-state index contributed by atoms with van der Waals surface area (Å²) in [4.78, 5) is 12.5. The third-order valence-corrected chi connectivity index (χ3v) is 4.74. The number of hydrogen-bond donors (Lipinski definition) is 0. The van der Waals surface area contributed by atoms with Gasteiger partial charge in [-0.25, -0.2) is 4.79 Å². The molecule has 2 aromatic carbocycles. The van der Waals surface area contributed by atoms with Gasteiger partial charge in [0, 0.05) is 22.6 Å². The van der Waals surface area contributed by atoms with Crippen molar-refractivity contribution in [3.05, 3.63) is 104 Å². The molecule has 0 N–H and O–H groups in total. The maximum Gasteiger partial charge on any atom is 0.343 e. The van der Waals surface area contributed by atoms with Crippen LogP contribution in [-0.4, -0.2) is 0 Å². The standard InChI is InChI=1S/C22H17ClO3/c1-13-3-5-16(6-4-13)19-12-18(15-7-9-17(23)10-8-15)21-20(26-19)11-14(2)25-22(21)24/h3-12,18H,1-2H3. The van der Waals surface area contributed by atoms with Gasteiger partial charge >= 0.3 is 5.63 Å². The fourth-order valence-corrected chi connectivity index (χ4v) is 3.28. The molecule has 0 saturated heterocycles. The van der Waals surface area contributed by atoms with Crippen LogP contribution in [0.15, 0.2) is 69.9 Å². The molecule has 1 aromatic heterocycles. The van der Waals surface area contributed by atoms with E-state index in [1.54, 1.807) is 13.0 Å². The van der Waals surface area contributed by atoms with Gasteiger partial charge < -0.3 is 9.15 Å². The Morgan fingerprint density at radius 3 is 2.35 bits per heavy atom. The summed E-state index contributed by atoms with van der Waals surface area (Å²) in [5, 5.41) is 0.653. The molecule has 0 amide bonds. The molecule has 4 rings (SSSR count). The van der Waals surface area contributed by atoms with Crippen molar-refractivity contribution >= 4 is 17.4 Å². The summed E-state index contributed by atoms with van der Waals surface area (Å²) in [5.41, 5.74) is 3.23. The molecule has 1 aliphatic heterocycles. The van der Waals surface area contributed by atoms with Crippen molar-refractivity contribution in [2.24, 2.45) is 0 Å². The van der Waals surface area contributed by atoms with Crippen LogP contribution in [0.5, 0.6) is 5.75 Å². The van der Waals surface area contributed by atoms with Crippen LogP contribution < -0.4 is 10.4 Å². The van der Waals surface area contributed by atoms with Crippen molar-refractivity contribution in [2.75, 3.05) is 0 Å². The van der Waals surface area contributed by atoms with Crippen molar-refractivity contribution in [1.82, 2.24) is 0 Å². The summed E-state index contributed by atoms with van der Waals surface area (Å²) >= 11 is 6.02. The quantitative estimate of drug-likeness (QED) is 0.604. The number of benzene rings is 2. The van der Waals surface area contributed by atoms with E-state index in [-0.39, 0.29) is 11.5 Å². The van der Waals surface area contributed by atoms with Crippen LogP contribution in [0.1, 0.15) is 33.9 Å². The fourth-order valence-electron chi connectivity index (χ4n) is 3.15. The molecule has 26 heavy (non-hydrogen) atoms. The Morgan fingerprint density at radius 1 is 0.962 bits per heavy atom. The molecule has 2 heterocycles. The zero-order valence-corrected chi connectivity index (χ0v) is 15.2. The number of allylic oxidation sites excluding steroid dienone is 1. The van der Waals surface area contributed by atoms with Gasteiger partial charge in [0.05, 0.1) is 5.56 Å². The first kappa shape index (κ1) is 16.7. The van der Waals surface area contributed by atoms with Gasteiger partial charge in [-0.15, -0.1) is 0 Å². The van der Waals surface area contributed by atoms with Crippen molar-refractivity contribution in [2.45, 2.75) is 19.8 Å². The Kier molecular flexibility index (Phi) is 4.17. The molecular formula is C22H17ClO3. The molecule has 130 valence electrons. The monoisotopic (exact) mass is 364 g/mol. The van der Waals surface area contributed by atoms with Crippen molar-refractivity contribution in [3.8, 4) is 5.75 Å². The van der Waals surface area contributed by atoms with Crippen LogP contribution in [0.2, 0.25) is 5.02 Å². The number of ether oxygens (including phenoxy) is 1. The molecule has 4 heteroatoms. The highest BCUT2D eigenvalue weighted by Crippen LogP contribution is 2.39. The van der Waals surface area contributed by atoms with E-state index in [1.807, 2.05) is 61.5 Å². The summed E-state index contributed by atoms with van der Waals surface area (Å²) < 4.78 is 11.4. The summed E-state index contributed by atoms with van der Waals surface area (Å²) in [6.07, 6.45) is 1.96. The first-order chi connectivity index (χ1) is 12.5. The van der Waals surface area contributed by atoms with Gasteiger partial charge in [-0.05, 0) is 37.6 Å². The second-order valence-electron chi connectivity index (χ2n) is 6.45. The summed E-state index contributed by atoms with van der Waals surface area (Å²) in [6.45, 7) is 3.78. The number of halogens is 1. The van der Waals surface area contributed by atoms with Crippen molar-refractivity contribution < 1.29 is 9.15 Å². The highest BCUT2D eigenvalue weighted by Gasteiger charge is 2.28. The van der Waals surface area contributed by atoms with Gasteiger partial charge in [0.15, 0.2) is 0 Å². The Hall–Kier alpha value is -2.78. The minimum Gasteiger partial charge on any atom is -0.456 e. The Labute approximate surface area is 156 Å². The van der Waals surface area contributed by atoms with Crippen LogP contribution >= 0.6 is 11.6 Å². The van der Waals surface area contributed by atoms with Crippen molar-refractivity contribution in [1.29, 1.82) is 0 Å². The Balaban J connectivity index is 1.89. The lowest BCUT2D eigenvalue weighted by Gasteiger charge is -2.24. The average molecular weight is 365 g/mol. The molecule has 1 unspecified atom stereocenters. The molecule has 0 spiro atoms. The van der Waals surface area contributed by atoms with Crippen LogP contribution in [0.4, 0.5) is 0 Å². The first-order valence-electron chi connectivity index (χ1n) is 8.38. The molecule has 0 bridgehead atoms. The van der Waals surface area contributed by atoms with Crippen LogP contribution in [0.3, 0.4) is 0 Å². The lowest BCUT2D eigenvalue weighted by atomic mass is 9.88. The molecule has 0 saturated carbocycles. The van der Waals surface area contributed by atoms with E-state index in [9.17, 15) is 4.79 Å². The molecule has 1 aliphatic rings. The molecule has 3 nitrogen and oxygen atoms in total. The van der Waals surface area contributed by atoms with E-state index in [0.717, 1.165) is 16.9 Å². The largest absolute Gasteiger partial charge is 0.456 e. The molecule has 3 aromatic rings. The highest BCUT2D eigenvalue weighted by atomic mass is 35.5. The van der Waals surface area contributed by atoms with E-state index in [0.29, 0.717) is 22.1 Å². The zero-order valence-electron chi connectivity index (χ0n) is 14.5. The first-order valence-corrected chi connectivity index (χ1v) is 8.76. The van der Waals surface area contributed by atoms with Gasteiger partial charge in [0.2, 0.25) is 0 Å². The summed E-state index contributed by atoms with van der Waals surface area (Å²) in [7, 11) is 0. The third kappa shape index (κ3) is 3.06. The van der Waals surface area contributed by atoms with Gasteiger partial charge in [-0.2, -0.15) is 0 Å². The Bertz CT molecular complexity index is 1040. The SMILES string of the molecule is Cc1ccc(C2=CC(c3ccc(Cl)cc3)c3c(cc(C)oc3=O)O2)cc1. The number of aryl methyl sites for hydroxylation is 2. The molecule has 0 fully saturated rings. The topological polar surface area (TPSA) is 39.4 Å². The molecule has 0 radical (unpaired) electrons. The Morgan fingerprint density at radius 2 is 1.65 bits per heavy atom.